The quantitative estimate of drug-likeness (QED) is 0.642. The van der Waals surface area contributed by atoms with Crippen LogP contribution in [0.5, 0.6) is 0 Å². The number of nitrogens with two attached hydrogens (primary N) is 1. The number of H-pyrrole nitrogens is 1. The number of fused-ring (bicyclic) bond motifs is 1. The summed E-state index contributed by atoms with van der Waals surface area (Å²) in [7, 11) is 0. The van der Waals surface area contributed by atoms with E-state index in [9.17, 15) is 4.79 Å². The van der Waals surface area contributed by atoms with E-state index in [1.807, 2.05) is 42.5 Å². The minimum absolute atomic E-state index is 0.0221. The molecule has 1 heterocycles. The monoisotopic (exact) mass is 280 g/mol. The minimum atomic E-state index is -0.0221. The molecule has 5 heteroatoms. The molecule has 0 unspecified atom stereocenters. The standard InChI is InChI=1S/C16H16N4O/c17-12-4-1-3-11(9-12)7-8-16(21)19-14-5-2-6-15-13(14)10-18-20-15/h1-6,9-10H,7-8,17H2,(H,18,20)(H,19,21). The van der Waals surface area contributed by atoms with E-state index in [4.69, 9.17) is 5.73 Å². The first-order valence-corrected chi connectivity index (χ1v) is 6.79. The molecule has 0 spiro atoms. The van der Waals surface area contributed by atoms with Gasteiger partial charge < -0.3 is 11.1 Å². The van der Waals surface area contributed by atoms with Gasteiger partial charge in [0.1, 0.15) is 0 Å². The van der Waals surface area contributed by atoms with Crippen molar-refractivity contribution in [3.63, 3.8) is 0 Å². The molecule has 21 heavy (non-hydrogen) atoms. The van der Waals surface area contributed by atoms with Crippen LogP contribution < -0.4 is 11.1 Å². The lowest BCUT2D eigenvalue weighted by molar-refractivity contribution is -0.116. The normalized spacial score (nSPS) is 10.7. The molecule has 5 nitrogen and oxygen atoms in total. The van der Waals surface area contributed by atoms with Crippen LogP contribution >= 0.6 is 0 Å². The lowest BCUT2D eigenvalue weighted by atomic mass is 10.1. The van der Waals surface area contributed by atoms with Gasteiger partial charge in [-0.25, -0.2) is 0 Å². The molecule has 4 N–H and O–H groups in total. The van der Waals surface area contributed by atoms with Gasteiger partial charge in [0.2, 0.25) is 5.91 Å². The molecule has 3 aromatic rings. The molecular weight excluding hydrogens is 264 g/mol. The third kappa shape index (κ3) is 3.02. The summed E-state index contributed by atoms with van der Waals surface area (Å²) in [4.78, 5) is 12.1. The van der Waals surface area contributed by atoms with Crippen molar-refractivity contribution in [2.24, 2.45) is 0 Å². The van der Waals surface area contributed by atoms with Crippen molar-refractivity contribution in [3.05, 3.63) is 54.2 Å². The number of benzene rings is 2. The second kappa shape index (κ2) is 5.66. The van der Waals surface area contributed by atoms with E-state index in [0.29, 0.717) is 12.8 Å². The maximum atomic E-state index is 12.1. The third-order valence-electron chi connectivity index (χ3n) is 3.35. The van der Waals surface area contributed by atoms with Gasteiger partial charge >= 0.3 is 0 Å². The molecule has 2 aromatic carbocycles. The molecule has 0 aliphatic heterocycles. The van der Waals surface area contributed by atoms with E-state index in [1.165, 1.54) is 0 Å². The Morgan fingerprint density at radius 1 is 1.24 bits per heavy atom. The van der Waals surface area contributed by atoms with E-state index in [2.05, 4.69) is 15.5 Å². The number of nitrogens with one attached hydrogen (secondary N) is 2. The molecule has 0 saturated carbocycles. The van der Waals surface area contributed by atoms with Gasteiger partial charge in [0.05, 0.1) is 17.4 Å². The number of nitrogens with zero attached hydrogens (tertiary/aromatic N) is 1. The molecule has 106 valence electrons. The topological polar surface area (TPSA) is 83.8 Å². The van der Waals surface area contributed by atoms with Crippen LogP contribution in [0.3, 0.4) is 0 Å². The van der Waals surface area contributed by atoms with Crippen molar-refractivity contribution < 1.29 is 4.79 Å². The van der Waals surface area contributed by atoms with Gasteiger partial charge in [-0.2, -0.15) is 5.10 Å². The molecule has 0 radical (unpaired) electrons. The van der Waals surface area contributed by atoms with E-state index < -0.39 is 0 Å². The second-order valence-electron chi connectivity index (χ2n) is 4.93. The van der Waals surface area contributed by atoms with Crippen LogP contribution in [0.4, 0.5) is 11.4 Å². The van der Waals surface area contributed by atoms with Crippen molar-refractivity contribution in [3.8, 4) is 0 Å². The summed E-state index contributed by atoms with van der Waals surface area (Å²) in [6.07, 6.45) is 2.79. The Morgan fingerprint density at radius 3 is 2.95 bits per heavy atom. The van der Waals surface area contributed by atoms with Crippen molar-refractivity contribution >= 4 is 28.2 Å². The van der Waals surface area contributed by atoms with Crippen LogP contribution in [0.1, 0.15) is 12.0 Å². The van der Waals surface area contributed by atoms with Gasteiger partial charge in [-0.3, -0.25) is 9.89 Å². The zero-order chi connectivity index (χ0) is 14.7. The number of anilines is 2. The molecule has 0 atom stereocenters. The van der Waals surface area contributed by atoms with Crippen molar-refractivity contribution in [1.82, 2.24) is 10.2 Å². The average Bonchev–Trinajstić information content (AvgIpc) is 2.95. The van der Waals surface area contributed by atoms with Gasteiger partial charge in [-0.05, 0) is 36.2 Å². The first-order chi connectivity index (χ1) is 10.2. The van der Waals surface area contributed by atoms with Gasteiger partial charge in [0, 0.05) is 17.5 Å². The molecule has 0 aliphatic carbocycles. The Hall–Kier alpha value is -2.82. The summed E-state index contributed by atoms with van der Waals surface area (Å²) in [6.45, 7) is 0. The smallest absolute Gasteiger partial charge is 0.224 e. The van der Waals surface area contributed by atoms with Crippen LogP contribution in [0.15, 0.2) is 48.7 Å². The third-order valence-corrected chi connectivity index (χ3v) is 3.35. The van der Waals surface area contributed by atoms with Crippen LogP contribution in [-0.2, 0) is 11.2 Å². The molecular formula is C16H16N4O. The van der Waals surface area contributed by atoms with Crippen molar-refractivity contribution in [2.75, 3.05) is 11.1 Å². The van der Waals surface area contributed by atoms with Crippen molar-refractivity contribution in [2.45, 2.75) is 12.8 Å². The Balaban J connectivity index is 1.65. The number of aryl methyl sites for hydroxylation is 1. The SMILES string of the molecule is Nc1cccc(CCC(=O)Nc2cccc3[nH]ncc23)c1. The number of carbonyl (C=O) groups is 1. The number of aromatic nitrogens is 2. The summed E-state index contributed by atoms with van der Waals surface area (Å²) < 4.78 is 0. The number of amides is 1. The number of aromatic amines is 1. The fourth-order valence-electron chi connectivity index (χ4n) is 2.30. The first-order valence-electron chi connectivity index (χ1n) is 6.79. The molecule has 1 amide bonds. The number of hydrogen-bond acceptors (Lipinski definition) is 3. The largest absolute Gasteiger partial charge is 0.399 e. The zero-order valence-corrected chi connectivity index (χ0v) is 11.5. The maximum absolute atomic E-state index is 12.1. The maximum Gasteiger partial charge on any atom is 0.224 e. The lowest BCUT2D eigenvalue weighted by Crippen LogP contribution is -2.12. The fraction of sp³-hybridized carbons (Fsp3) is 0.125. The summed E-state index contributed by atoms with van der Waals surface area (Å²) >= 11 is 0. The van der Waals surface area contributed by atoms with Crippen LogP contribution in [0.2, 0.25) is 0 Å². The molecule has 1 aromatic heterocycles. The predicted molar refractivity (Wildman–Crippen MR) is 83.9 cm³/mol. The number of hydrogen-bond donors (Lipinski definition) is 3. The summed E-state index contributed by atoms with van der Waals surface area (Å²) in [5.41, 5.74) is 9.19. The molecule has 0 aliphatic rings. The number of nitrogen functional groups attached to an aromatic ring is 1. The first kappa shape index (κ1) is 13.2. The molecule has 3 rings (SSSR count). The minimum Gasteiger partial charge on any atom is -0.399 e. The van der Waals surface area contributed by atoms with Crippen LogP contribution in [0.25, 0.3) is 10.9 Å². The Bertz CT molecular complexity index is 779. The Labute approximate surface area is 122 Å². The Kier molecular flexibility index (Phi) is 3.55. The number of carbonyl (C=O) groups excluding carboxylic acids is 1. The van der Waals surface area contributed by atoms with E-state index >= 15 is 0 Å². The summed E-state index contributed by atoms with van der Waals surface area (Å²) in [6, 6.07) is 13.3. The van der Waals surface area contributed by atoms with Gasteiger partial charge in [0.25, 0.3) is 0 Å². The Morgan fingerprint density at radius 2 is 2.10 bits per heavy atom. The van der Waals surface area contributed by atoms with Gasteiger partial charge in [-0.1, -0.05) is 18.2 Å². The predicted octanol–water partition coefficient (Wildman–Crippen LogP) is 2.72. The zero-order valence-electron chi connectivity index (χ0n) is 11.5. The van der Waals surface area contributed by atoms with Gasteiger partial charge in [-0.15, -0.1) is 0 Å². The van der Waals surface area contributed by atoms with Crippen LogP contribution in [0, 0.1) is 0 Å². The highest BCUT2D eigenvalue weighted by Crippen LogP contribution is 2.21. The highest BCUT2D eigenvalue weighted by atomic mass is 16.1. The average molecular weight is 280 g/mol. The molecule has 0 saturated heterocycles. The summed E-state index contributed by atoms with van der Waals surface area (Å²) in [5.74, 6) is -0.0221. The van der Waals surface area contributed by atoms with E-state index in [1.54, 1.807) is 6.20 Å². The highest BCUT2D eigenvalue weighted by molar-refractivity contribution is 6.00. The summed E-state index contributed by atoms with van der Waals surface area (Å²) in [5, 5.41) is 10.7. The second-order valence-corrected chi connectivity index (χ2v) is 4.93. The van der Waals surface area contributed by atoms with Gasteiger partial charge in [0.15, 0.2) is 0 Å². The highest BCUT2D eigenvalue weighted by Gasteiger charge is 2.07. The van der Waals surface area contributed by atoms with E-state index in [0.717, 1.165) is 27.8 Å². The fourth-order valence-corrected chi connectivity index (χ4v) is 2.30. The number of rotatable bonds is 4. The van der Waals surface area contributed by atoms with Crippen LogP contribution in [-0.4, -0.2) is 16.1 Å². The molecule has 0 bridgehead atoms. The van der Waals surface area contributed by atoms with E-state index in [-0.39, 0.29) is 5.91 Å². The molecule has 0 fully saturated rings. The lowest BCUT2D eigenvalue weighted by Gasteiger charge is -2.06. The van der Waals surface area contributed by atoms with Crippen molar-refractivity contribution in [1.29, 1.82) is 0 Å².